The molecule has 1 aromatic rings. The molecule has 3 rings (SSSR count). The van der Waals surface area contributed by atoms with Gasteiger partial charge in [-0.05, 0) is 12.8 Å². The molecular formula is C11H13ClN2OS. The maximum atomic E-state index is 12.0. The zero-order chi connectivity index (χ0) is 11.1. The summed E-state index contributed by atoms with van der Waals surface area (Å²) < 4.78 is 0. The molecule has 0 spiro atoms. The summed E-state index contributed by atoms with van der Waals surface area (Å²) in [7, 11) is 0. The van der Waals surface area contributed by atoms with Gasteiger partial charge in [0.2, 0.25) is 0 Å². The molecule has 0 aromatic carbocycles. The molecule has 0 amide bonds. The first-order chi connectivity index (χ1) is 7.79. The highest BCUT2D eigenvalue weighted by atomic mass is 35.5. The molecule has 2 atom stereocenters. The van der Waals surface area contributed by atoms with E-state index in [-0.39, 0.29) is 11.4 Å². The number of aromatic nitrogens is 2. The summed E-state index contributed by atoms with van der Waals surface area (Å²) in [5.74, 6) is 1.30. The quantitative estimate of drug-likeness (QED) is 0.621. The van der Waals surface area contributed by atoms with Crippen LogP contribution in [-0.4, -0.2) is 15.2 Å². The van der Waals surface area contributed by atoms with Gasteiger partial charge in [-0.1, -0.05) is 12.8 Å². The van der Waals surface area contributed by atoms with Crippen molar-refractivity contribution < 1.29 is 0 Å². The molecular weight excluding hydrogens is 244 g/mol. The molecule has 0 bridgehead atoms. The van der Waals surface area contributed by atoms with Crippen molar-refractivity contribution in [1.29, 1.82) is 0 Å². The molecule has 86 valence electrons. The number of nitrogens with zero attached hydrogens (tertiary/aromatic N) is 1. The second kappa shape index (κ2) is 4.08. The van der Waals surface area contributed by atoms with E-state index >= 15 is 0 Å². The Kier molecular flexibility index (Phi) is 2.72. The van der Waals surface area contributed by atoms with Crippen molar-refractivity contribution in [3.8, 4) is 0 Å². The zero-order valence-electron chi connectivity index (χ0n) is 8.83. The maximum Gasteiger partial charge on any atom is 0.255 e. The van der Waals surface area contributed by atoms with E-state index in [9.17, 15) is 4.79 Å². The third kappa shape index (κ3) is 1.59. The first-order valence-electron chi connectivity index (χ1n) is 5.65. The summed E-state index contributed by atoms with van der Waals surface area (Å²) in [5.41, 5.74) is 0.950. The predicted octanol–water partition coefficient (Wildman–Crippen LogP) is 2.64. The number of thioether (sulfide) groups is 1. The Morgan fingerprint density at radius 1 is 1.44 bits per heavy atom. The first-order valence-corrected chi connectivity index (χ1v) is 7.06. The SMILES string of the molecule is O=c1[nH]c(CCl)nc2c1[C@H]1CCCC[C@H]1S2. The van der Waals surface area contributed by atoms with E-state index < -0.39 is 0 Å². The van der Waals surface area contributed by atoms with Crippen LogP contribution in [0.2, 0.25) is 0 Å². The molecule has 1 aromatic heterocycles. The van der Waals surface area contributed by atoms with Gasteiger partial charge in [0, 0.05) is 11.2 Å². The number of halogens is 1. The van der Waals surface area contributed by atoms with Crippen molar-refractivity contribution in [2.75, 3.05) is 0 Å². The minimum atomic E-state index is 0.0301. The Morgan fingerprint density at radius 2 is 2.25 bits per heavy atom. The van der Waals surface area contributed by atoms with Gasteiger partial charge in [0.05, 0.1) is 11.4 Å². The predicted molar refractivity (Wildman–Crippen MR) is 65.3 cm³/mol. The fourth-order valence-electron chi connectivity index (χ4n) is 2.70. The van der Waals surface area contributed by atoms with Crippen LogP contribution in [0.1, 0.15) is 43.0 Å². The second-order valence-electron chi connectivity index (χ2n) is 4.41. The molecule has 0 radical (unpaired) electrons. The van der Waals surface area contributed by atoms with E-state index in [1.807, 2.05) is 0 Å². The van der Waals surface area contributed by atoms with Gasteiger partial charge < -0.3 is 4.98 Å². The summed E-state index contributed by atoms with van der Waals surface area (Å²) in [6.45, 7) is 0. The van der Waals surface area contributed by atoms with Crippen LogP contribution in [0, 0.1) is 0 Å². The van der Waals surface area contributed by atoms with Gasteiger partial charge >= 0.3 is 0 Å². The van der Waals surface area contributed by atoms with Gasteiger partial charge in [-0.15, -0.1) is 23.4 Å². The standard InChI is InChI=1S/C11H13ClN2OS/c12-5-8-13-10(15)9-6-3-1-2-4-7(6)16-11(9)14-8/h6-7H,1-5H2,(H,13,14,15)/t6-,7+/m0/s1. The molecule has 1 aliphatic carbocycles. The van der Waals surface area contributed by atoms with Crippen LogP contribution in [0.25, 0.3) is 0 Å². The van der Waals surface area contributed by atoms with Gasteiger partial charge in [0.25, 0.3) is 5.56 Å². The van der Waals surface area contributed by atoms with Crippen molar-refractivity contribution in [1.82, 2.24) is 9.97 Å². The normalized spacial score (nSPS) is 27.6. The Bertz CT molecular complexity index is 474. The number of H-pyrrole nitrogens is 1. The van der Waals surface area contributed by atoms with E-state index in [2.05, 4.69) is 9.97 Å². The van der Waals surface area contributed by atoms with Gasteiger partial charge in [-0.3, -0.25) is 4.79 Å². The summed E-state index contributed by atoms with van der Waals surface area (Å²) in [6.07, 6.45) is 4.86. The Hall–Kier alpha value is -0.480. The van der Waals surface area contributed by atoms with Gasteiger partial charge in [0.1, 0.15) is 10.9 Å². The van der Waals surface area contributed by atoms with Crippen LogP contribution in [-0.2, 0) is 5.88 Å². The number of nitrogens with one attached hydrogen (secondary N) is 1. The average molecular weight is 257 g/mol. The molecule has 1 saturated carbocycles. The highest BCUT2D eigenvalue weighted by Gasteiger charge is 2.38. The molecule has 16 heavy (non-hydrogen) atoms. The fourth-order valence-corrected chi connectivity index (χ4v) is 4.37. The molecule has 3 nitrogen and oxygen atoms in total. The summed E-state index contributed by atoms with van der Waals surface area (Å²) in [4.78, 5) is 19.2. The number of aromatic amines is 1. The van der Waals surface area contributed by atoms with E-state index in [0.717, 1.165) is 17.0 Å². The number of fused-ring (bicyclic) bond motifs is 3. The van der Waals surface area contributed by atoms with E-state index in [0.29, 0.717) is 17.0 Å². The zero-order valence-corrected chi connectivity index (χ0v) is 10.4. The number of alkyl halides is 1. The van der Waals surface area contributed by atoms with Crippen LogP contribution < -0.4 is 5.56 Å². The molecule has 1 aliphatic heterocycles. The highest BCUT2D eigenvalue weighted by molar-refractivity contribution is 8.00. The third-order valence-corrected chi connectivity index (χ3v) is 5.09. The van der Waals surface area contributed by atoms with Gasteiger partial charge in [-0.2, -0.15) is 0 Å². The molecule has 1 fully saturated rings. The average Bonchev–Trinajstić information content (AvgIpc) is 2.67. The molecule has 1 N–H and O–H groups in total. The smallest absolute Gasteiger partial charge is 0.255 e. The lowest BCUT2D eigenvalue weighted by Gasteiger charge is -2.23. The summed E-state index contributed by atoms with van der Waals surface area (Å²) in [6, 6.07) is 0. The van der Waals surface area contributed by atoms with Crippen LogP contribution in [0.5, 0.6) is 0 Å². The number of rotatable bonds is 1. The topological polar surface area (TPSA) is 45.8 Å². The van der Waals surface area contributed by atoms with Crippen molar-refractivity contribution in [2.45, 2.75) is 47.8 Å². The first kappa shape index (κ1) is 10.7. The molecule has 5 heteroatoms. The van der Waals surface area contributed by atoms with Crippen LogP contribution >= 0.6 is 23.4 Å². The lowest BCUT2D eigenvalue weighted by Crippen LogP contribution is -2.23. The van der Waals surface area contributed by atoms with Gasteiger partial charge in [-0.25, -0.2) is 4.98 Å². The number of hydrogen-bond acceptors (Lipinski definition) is 3. The minimum absolute atomic E-state index is 0.0301. The highest BCUT2D eigenvalue weighted by Crippen LogP contribution is 2.49. The summed E-state index contributed by atoms with van der Waals surface area (Å²) in [5, 5.41) is 1.50. The van der Waals surface area contributed by atoms with Crippen LogP contribution in [0.15, 0.2) is 9.82 Å². The van der Waals surface area contributed by atoms with Crippen molar-refractivity contribution in [3.05, 3.63) is 21.7 Å². The largest absolute Gasteiger partial charge is 0.309 e. The second-order valence-corrected chi connectivity index (χ2v) is 5.91. The minimum Gasteiger partial charge on any atom is -0.309 e. The monoisotopic (exact) mass is 256 g/mol. The van der Waals surface area contributed by atoms with Crippen molar-refractivity contribution >= 4 is 23.4 Å². The lowest BCUT2D eigenvalue weighted by atomic mass is 9.85. The Balaban J connectivity index is 2.08. The lowest BCUT2D eigenvalue weighted by molar-refractivity contribution is 0.457. The summed E-state index contributed by atoms with van der Waals surface area (Å²) >= 11 is 7.49. The van der Waals surface area contributed by atoms with Crippen LogP contribution in [0.4, 0.5) is 0 Å². The Labute approximate surface area is 103 Å². The Morgan fingerprint density at radius 3 is 3.06 bits per heavy atom. The van der Waals surface area contributed by atoms with E-state index in [1.165, 1.54) is 19.3 Å². The molecule has 2 aliphatic rings. The molecule has 2 heterocycles. The number of hydrogen-bond donors (Lipinski definition) is 1. The van der Waals surface area contributed by atoms with E-state index in [1.54, 1.807) is 11.8 Å². The third-order valence-electron chi connectivity index (χ3n) is 3.43. The fraction of sp³-hybridized carbons (Fsp3) is 0.636. The van der Waals surface area contributed by atoms with Gasteiger partial charge in [0.15, 0.2) is 0 Å². The molecule has 0 unspecified atom stereocenters. The molecule has 0 saturated heterocycles. The van der Waals surface area contributed by atoms with Crippen LogP contribution in [0.3, 0.4) is 0 Å². The van der Waals surface area contributed by atoms with Crippen molar-refractivity contribution in [2.24, 2.45) is 0 Å². The van der Waals surface area contributed by atoms with Crippen molar-refractivity contribution in [3.63, 3.8) is 0 Å². The van der Waals surface area contributed by atoms with E-state index in [4.69, 9.17) is 11.6 Å². The maximum absolute atomic E-state index is 12.0.